The molecule has 0 spiro atoms. The average molecular weight is 803 g/mol. The quantitative estimate of drug-likeness (QED) is 0.109. The smallest absolute Gasteiger partial charge is 0.201 e. The molecule has 2 aliphatic heterocycles. The van der Waals surface area contributed by atoms with Crippen molar-refractivity contribution in [2.24, 2.45) is 0 Å². The number of carbonyl (C=O) groups is 4. The fourth-order valence-electron chi connectivity index (χ4n) is 8.08. The van der Waals surface area contributed by atoms with Crippen molar-refractivity contribution < 1.29 is 55.7 Å². The van der Waals surface area contributed by atoms with Gasteiger partial charge in [-0.25, -0.2) is 13.2 Å². The van der Waals surface area contributed by atoms with Gasteiger partial charge in [-0.15, -0.1) is 0 Å². The first-order chi connectivity index (χ1) is 27.1. The molecule has 2 aliphatic rings. The molecule has 4 aromatic rings. The summed E-state index contributed by atoms with van der Waals surface area (Å²) in [5.41, 5.74) is -3.71. The molecule has 2 heterocycles. The third-order valence-corrected chi connectivity index (χ3v) is 10.9. The van der Waals surface area contributed by atoms with Crippen LogP contribution in [0.4, 0.5) is 17.6 Å². The highest BCUT2D eigenvalue weighted by Gasteiger charge is 2.56. The van der Waals surface area contributed by atoms with Gasteiger partial charge < -0.3 is 18.9 Å². The minimum absolute atomic E-state index is 0.0601. The molecule has 2 atom stereocenters. The molecule has 0 N–H and O–H groups in total. The van der Waals surface area contributed by atoms with Gasteiger partial charge in [-0.05, 0) is 145 Å². The highest BCUT2D eigenvalue weighted by Crippen LogP contribution is 2.45. The number of ether oxygens (including phenoxy) is 4. The van der Waals surface area contributed by atoms with Crippen LogP contribution in [0.25, 0.3) is 0 Å². The minimum Gasteiger partial charge on any atom is -0.454 e. The first-order valence-electron chi connectivity index (χ1n) is 19.2. The summed E-state index contributed by atoms with van der Waals surface area (Å²) in [5, 5.41) is 0. The van der Waals surface area contributed by atoms with Gasteiger partial charge in [0.1, 0.15) is 51.6 Å². The van der Waals surface area contributed by atoms with E-state index in [1.54, 1.807) is 66.7 Å². The molecule has 0 aliphatic carbocycles. The number of carbonyl (C=O) groups excluding carboxylic acids is 4. The van der Waals surface area contributed by atoms with E-state index >= 15 is 0 Å². The molecule has 0 aromatic heterocycles. The molecule has 0 bridgehead atoms. The van der Waals surface area contributed by atoms with Crippen LogP contribution >= 0.6 is 0 Å². The lowest BCUT2D eigenvalue weighted by Gasteiger charge is -2.45. The maximum absolute atomic E-state index is 14.6. The van der Waals surface area contributed by atoms with E-state index in [-0.39, 0.29) is 42.3 Å². The van der Waals surface area contributed by atoms with Gasteiger partial charge in [-0.1, -0.05) is 25.1 Å². The molecule has 2 saturated heterocycles. The first-order valence-corrected chi connectivity index (χ1v) is 19.2. The zero-order valence-corrected chi connectivity index (χ0v) is 33.7. The van der Waals surface area contributed by atoms with E-state index in [0.29, 0.717) is 28.7 Å². The predicted molar refractivity (Wildman–Crippen MR) is 206 cm³/mol. The van der Waals surface area contributed by atoms with Crippen LogP contribution in [0.15, 0.2) is 72.8 Å². The molecule has 0 amide bonds. The Hall–Kier alpha value is -5.20. The van der Waals surface area contributed by atoms with E-state index < -0.39 is 80.6 Å². The summed E-state index contributed by atoms with van der Waals surface area (Å²) in [6.45, 7) is 13.0. The van der Waals surface area contributed by atoms with Crippen LogP contribution < -0.4 is 9.47 Å². The molecule has 12 heteroatoms. The zero-order valence-electron chi connectivity index (χ0n) is 33.7. The Labute approximate surface area is 334 Å². The molecule has 6 rings (SSSR count). The van der Waals surface area contributed by atoms with E-state index in [2.05, 4.69) is 0 Å². The van der Waals surface area contributed by atoms with Gasteiger partial charge in [0.2, 0.25) is 5.82 Å². The van der Waals surface area contributed by atoms with Crippen LogP contribution in [0.1, 0.15) is 102 Å². The van der Waals surface area contributed by atoms with Gasteiger partial charge in [0, 0.05) is 6.07 Å². The van der Waals surface area contributed by atoms with Crippen molar-refractivity contribution in [3.05, 3.63) is 118 Å². The van der Waals surface area contributed by atoms with Crippen LogP contribution in [0.2, 0.25) is 0 Å². The molecule has 0 radical (unpaired) electrons. The molecular formula is C46H46F4O8. The fraction of sp³-hybridized carbons (Fsp3) is 0.391. The van der Waals surface area contributed by atoms with Gasteiger partial charge in [0.25, 0.3) is 0 Å². The summed E-state index contributed by atoms with van der Waals surface area (Å²) < 4.78 is 80.8. The van der Waals surface area contributed by atoms with E-state index in [9.17, 15) is 36.7 Å². The van der Waals surface area contributed by atoms with Crippen molar-refractivity contribution in [1.82, 2.24) is 0 Å². The number of ketones is 4. The number of Topliss-reactive ketones (excluding diaryl/α,β-unsaturated/α-hetero) is 4. The lowest BCUT2D eigenvalue weighted by molar-refractivity contribution is -0.189. The van der Waals surface area contributed by atoms with E-state index in [1.807, 2.05) is 6.92 Å². The van der Waals surface area contributed by atoms with Crippen LogP contribution in [-0.2, 0) is 41.5 Å². The first kappa shape index (κ1) is 42.4. The summed E-state index contributed by atoms with van der Waals surface area (Å²) in [5.74, 6) is -8.93. The Bertz CT molecular complexity index is 2290. The number of aryl methyl sites for hydroxylation is 2. The summed E-state index contributed by atoms with van der Waals surface area (Å²) in [7, 11) is 0. The van der Waals surface area contributed by atoms with Crippen LogP contribution in [0.3, 0.4) is 0 Å². The topological polar surface area (TPSA) is 105 Å². The predicted octanol–water partition coefficient (Wildman–Crippen LogP) is 10.0. The molecule has 4 aromatic carbocycles. The SMILES string of the molecule is CCc1ccc(Oc2cccc(F)c2F)cc1C1C(=O)C(C)(C)OC(C)(CCCc2ccc(Oc3cc(F)ccc3F)cc2C2C(=O)C(C)(C)OC(C)(C)C2=O)C1=O. The Morgan fingerprint density at radius 3 is 1.72 bits per heavy atom. The summed E-state index contributed by atoms with van der Waals surface area (Å²) in [4.78, 5) is 56.5. The van der Waals surface area contributed by atoms with Gasteiger partial charge in [0.05, 0.1) is 0 Å². The standard InChI is InChI=1S/C46H46F4O8/c1-9-25-15-18-28(55-34-14-10-13-33(49)38(34)50)23-30(25)37-41(53)45(6,7)58-46(8,42(37)54)21-11-12-26-16-19-29(56-35-22-27(47)17-20-32(35)48)24-31(26)36-39(51)43(2,3)57-44(4,5)40(36)52/h10,13-20,22-24,36-37H,9,11-12,21H2,1-8H3. The zero-order chi connectivity index (χ0) is 42.5. The van der Waals surface area contributed by atoms with Gasteiger partial charge >= 0.3 is 0 Å². The summed E-state index contributed by atoms with van der Waals surface area (Å²) >= 11 is 0. The molecule has 306 valence electrons. The normalized spacial score (nSPS) is 21.6. The number of halogens is 4. The molecular weight excluding hydrogens is 756 g/mol. The Morgan fingerprint density at radius 1 is 0.586 bits per heavy atom. The maximum atomic E-state index is 14.6. The highest BCUT2D eigenvalue weighted by molar-refractivity contribution is 6.16. The number of rotatable bonds is 11. The minimum atomic E-state index is -1.49. The van der Waals surface area contributed by atoms with E-state index in [1.165, 1.54) is 30.3 Å². The monoisotopic (exact) mass is 802 g/mol. The molecule has 8 nitrogen and oxygen atoms in total. The van der Waals surface area contributed by atoms with Crippen molar-refractivity contribution in [3.63, 3.8) is 0 Å². The summed E-state index contributed by atoms with van der Waals surface area (Å²) in [6.07, 6.45) is 1.08. The molecule has 0 saturated carbocycles. The van der Waals surface area contributed by atoms with Crippen molar-refractivity contribution in [2.45, 2.75) is 115 Å². The molecule has 2 fully saturated rings. The van der Waals surface area contributed by atoms with E-state index in [4.69, 9.17) is 18.9 Å². The molecule has 2 unspecified atom stereocenters. The largest absolute Gasteiger partial charge is 0.454 e. The Morgan fingerprint density at radius 2 is 1.12 bits per heavy atom. The van der Waals surface area contributed by atoms with Crippen molar-refractivity contribution in [3.8, 4) is 23.0 Å². The van der Waals surface area contributed by atoms with Gasteiger partial charge in [-0.2, -0.15) is 4.39 Å². The molecule has 58 heavy (non-hydrogen) atoms. The van der Waals surface area contributed by atoms with Crippen molar-refractivity contribution in [1.29, 1.82) is 0 Å². The third-order valence-electron chi connectivity index (χ3n) is 10.9. The van der Waals surface area contributed by atoms with Crippen molar-refractivity contribution >= 4 is 23.1 Å². The van der Waals surface area contributed by atoms with Gasteiger partial charge in [-0.3, -0.25) is 19.2 Å². The second kappa shape index (κ2) is 15.5. The number of benzene rings is 4. The van der Waals surface area contributed by atoms with E-state index in [0.717, 1.165) is 24.3 Å². The lowest BCUT2D eigenvalue weighted by Crippen LogP contribution is -2.59. The van der Waals surface area contributed by atoms with Crippen LogP contribution in [-0.4, -0.2) is 45.5 Å². The Balaban J connectivity index is 1.32. The van der Waals surface area contributed by atoms with Crippen LogP contribution in [0, 0.1) is 23.3 Å². The van der Waals surface area contributed by atoms with Crippen molar-refractivity contribution in [2.75, 3.05) is 0 Å². The maximum Gasteiger partial charge on any atom is 0.201 e. The third kappa shape index (κ3) is 8.09. The fourth-order valence-corrected chi connectivity index (χ4v) is 8.08. The second-order valence-corrected chi connectivity index (χ2v) is 16.5. The summed E-state index contributed by atoms with van der Waals surface area (Å²) in [6, 6.07) is 15.7. The van der Waals surface area contributed by atoms with Crippen LogP contribution in [0.5, 0.6) is 23.0 Å². The number of hydrogen-bond acceptors (Lipinski definition) is 8. The Kier molecular flexibility index (Phi) is 11.3. The highest BCUT2D eigenvalue weighted by atomic mass is 19.2. The lowest BCUT2D eigenvalue weighted by atomic mass is 9.71. The number of hydrogen-bond donors (Lipinski definition) is 0. The van der Waals surface area contributed by atoms with Gasteiger partial charge in [0.15, 0.2) is 46.3 Å². The average Bonchev–Trinajstić information content (AvgIpc) is 3.14. The second-order valence-electron chi connectivity index (χ2n) is 16.5.